The fourth-order valence-electron chi connectivity index (χ4n) is 1.69. The maximum absolute atomic E-state index is 8.67. The molecule has 0 bridgehead atoms. The minimum atomic E-state index is 0.375. The number of nitrogens with zero attached hydrogens (tertiary/aromatic N) is 1. The van der Waals surface area contributed by atoms with E-state index >= 15 is 0 Å². The summed E-state index contributed by atoms with van der Waals surface area (Å²) in [6.07, 6.45) is 1.28. The number of hydrogen-bond donors (Lipinski definition) is 0. The number of hydrogen-bond acceptors (Lipinski definition) is 3. The third kappa shape index (κ3) is 1.39. The SMILES string of the molecule is COc1cc(CC#N)c2c(c1)CCO2. The Morgan fingerprint density at radius 1 is 1.57 bits per heavy atom. The summed E-state index contributed by atoms with van der Waals surface area (Å²) in [6.45, 7) is 0.709. The van der Waals surface area contributed by atoms with E-state index < -0.39 is 0 Å². The lowest BCUT2D eigenvalue weighted by Gasteiger charge is -2.07. The van der Waals surface area contributed by atoms with E-state index in [2.05, 4.69) is 6.07 Å². The minimum Gasteiger partial charge on any atom is -0.497 e. The summed E-state index contributed by atoms with van der Waals surface area (Å²) in [4.78, 5) is 0. The molecule has 3 nitrogen and oxygen atoms in total. The zero-order chi connectivity index (χ0) is 9.97. The summed E-state index contributed by atoms with van der Waals surface area (Å²) >= 11 is 0. The Kier molecular flexibility index (Phi) is 2.28. The van der Waals surface area contributed by atoms with Gasteiger partial charge in [-0.3, -0.25) is 0 Å². The molecule has 0 radical (unpaired) electrons. The van der Waals surface area contributed by atoms with Crippen LogP contribution < -0.4 is 9.47 Å². The van der Waals surface area contributed by atoms with Gasteiger partial charge in [0.25, 0.3) is 0 Å². The van der Waals surface area contributed by atoms with Crippen LogP contribution in [0.25, 0.3) is 0 Å². The van der Waals surface area contributed by atoms with E-state index in [-0.39, 0.29) is 0 Å². The van der Waals surface area contributed by atoms with Crippen LogP contribution in [0.1, 0.15) is 11.1 Å². The van der Waals surface area contributed by atoms with E-state index in [0.717, 1.165) is 29.0 Å². The van der Waals surface area contributed by atoms with E-state index in [0.29, 0.717) is 13.0 Å². The highest BCUT2D eigenvalue weighted by molar-refractivity contribution is 5.50. The highest BCUT2D eigenvalue weighted by Crippen LogP contribution is 2.33. The summed E-state index contributed by atoms with van der Waals surface area (Å²) in [6, 6.07) is 5.97. The van der Waals surface area contributed by atoms with Crippen molar-refractivity contribution in [2.75, 3.05) is 13.7 Å². The lowest BCUT2D eigenvalue weighted by atomic mass is 10.1. The molecule has 1 aliphatic heterocycles. The molecule has 1 heterocycles. The summed E-state index contributed by atoms with van der Waals surface area (Å²) < 4.78 is 10.6. The largest absolute Gasteiger partial charge is 0.497 e. The van der Waals surface area contributed by atoms with Crippen molar-refractivity contribution in [2.24, 2.45) is 0 Å². The molecule has 0 amide bonds. The second-order valence-electron chi connectivity index (χ2n) is 3.21. The van der Waals surface area contributed by atoms with Gasteiger partial charge in [0.2, 0.25) is 0 Å². The molecule has 0 aromatic heterocycles. The van der Waals surface area contributed by atoms with Crippen LogP contribution in [0.15, 0.2) is 12.1 Å². The molecule has 2 rings (SSSR count). The average molecular weight is 189 g/mol. The molecule has 0 fully saturated rings. The van der Waals surface area contributed by atoms with E-state index in [9.17, 15) is 0 Å². The molecule has 0 saturated heterocycles. The van der Waals surface area contributed by atoms with Crippen LogP contribution in [0.5, 0.6) is 11.5 Å². The second-order valence-corrected chi connectivity index (χ2v) is 3.21. The molecular formula is C11H11NO2. The van der Waals surface area contributed by atoms with Crippen molar-refractivity contribution in [3.63, 3.8) is 0 Å². The maximum atomic E-state index is 8.67. The number of nitriles is 1. The van der Waals surface area contributed by atoms with Crippen molar-refractivity contribution in [3.05, 3.63) is 23.3 Å². The fourth-order valence-corrected chi connectivity index (χ4v) is 1.69. The molecular weight excluding hydrogens is 178 g/mol. The van der Waals surface area contributed by atoms with E-state index in [4.69, 9.17) is 14.7 Å². The van der Waals surface area contributed by atoms with Crippen molar-refractivity contribution in [2.45, 2.75) is 12.8 Å². The molecule has 1 aliphatic rings. The van der Waals surface area contributed by atoms with Gasteiger partial charge in [-0.2, -0.15) is 5.26 Å². The number of fused-ring (bicyclic) bond motifs is 1. The van der Waals surface area contributed by atoms with E-state index in [1.54, 1.807) is 7.11 Å². The van der Waals surface area contributed by atoms with Crippen LogP contribution in [0.3, 0.4) is 0 Å². The predicted octanol–water partition coefficient (Wildman–Crippen LogP) is 1.70. The summed E-state index contributed by atoms with van der Waals surface area (Å²) in [5, 5.41) is 8.67. The van der Waals surface area contributed by atoms with Crippen molar-refractivity contribution in [3.8, 4) is 17.6 Å². The van der Waals surface area contributed by atoms with Gasteiger partial charge in [-0.1, -0.05) is 0 Å². The number of ether oxygens (including phenoxy) is 2. The summed E-state index contributed by atoms with van der Waals surface area (Å²) in [5.41, 5.74) is 2.08. The molecule has 0 atom stereocenters. The van der Waals surface area contributed by atoms with E-state index in [1.165, 1.54) is 0 Å². The van der Waals surface area contributed by atoms with Gasteiger partial charge in [0, 0.05) is 17.5 Å². The molecule has 0 spiro atoms. The fraction of sp³-hybridized carbons (Fsp3) is 0.364. The maximum Gasteiger partial charge on any atom is 0.127 e. The molecule has 0 unspecified atom stereocenters. The molecule has 72 valence electrons. The highest BCUT2D eigenvalue weighted by atomic mass is 16.5. The monoisotopic (exact) mass is 189 g/mol. The van der Waals surface area contributed by atoms with Crippen molar-refractivity contribution in [1.82, 2.24) is 0 Å². The van der Waals surface area contributed by atoms with Crippen molar-refractivity contribution >= 4 is 0 Å². The molecule has 0 aliphatic carbocycles. The Balaban J connectivity index is 2.47. The second kappa shape index (κ2) is 3.59. The topological polar surface area (TPSA) is 42.2 Å². The molecule has 0 saturated carbocycles. The number of methoxy groups -OCH3 is 1. The van der Waals surface area contributed by atoms with Crippen molar-refractivity contribution in [1.29, 1.82) is 5.26 Å². The molecule has 1 aromatic rings. The normalized spacial score (nSPS) is 12.9. The zero-order valence-corrected chi connectivity index (χ0v) is 8.04. The van der Waals surface area contributed by atoms with Gasteiger partial charge in [0.05, 0.1) is 26.2 Å². The van der Waals surface area contributed by atoms with Gasteiger partial charge < -0.3 is 9.47 Å². The average Bonchev–Trinajstić information content (AvgIpc) is 2.66. The van der Waals surface area contributed by atoms with Crippen LogP contribution >= 0.6 is 0 Å². The summed E-state index contributed by atoms with van der Waals surface area (Å²) in [7, 11) is 1.63. The Labute approximate surface area is 82.9 Å². The third-order valence-electron chi connectivity index (χ3n) is 2.34. The number of benzene rings is 1. The quantitative estimate of drug-likeness (QED) is 0.711. The Bertz CT molecular complexity index is 393. The number of rotatable bonds is 2. The predicted molar refractivity (Wildman–Crippen MR) is 51.5 cm³/mol. The lowest BCUT2D eigenvalue weighted by molar-refractivity contribution is 0.353. The van der Waals surface area contributed by atoms with Crippen LogP contribution in [-0.4, -0.2) is 13.7 Å². The highest BCUT2D eigenvalue weighted by Gasteiger charge is 2.17. The van der Waals surface area contributed by atoms with Gasteiger partial charge in [-0.25, -0.2) is 0 Å². The first-order valence-electron chi connectivity index (χ1n) is 4.54. The smallest absolute Gasteiger partial charge is 0.127 e. The van der Waals surface area contributed by atoms with Gasteiger partial charge in [-0.05, 0) is 12.1 Å². The zero-order valence-electron chi connectivity index (χ0n) is 8.04. The Hall–Kier alpha value is -1.69. The van der Waals surface area contributed by atoms with Gasteiger partial charge in [-0.15, -0.1) is 0 Å². The lowest BCUT2D eigenvalue weighted by Crippen LogP contribution is -1.92. The van der Waals surface area contributed by atoms with Crippen LogP contribution in [0, 0.1) is 11.3 Å². The van der Waals surface area contributed by atoms with Gasteiger partial charge in [0.1, 0.15) is 11.5 Å². The van der Waals surface area contributed by atoms with Gasteiger partial charge in [0.15, 0.2) is 0 Å². The third-order valence-corrected chi connectivity index (χ3v) is 2.34. The van der Waals surface area contributed by atoms with E-state index in [1.807, 2.05) is 12.1 Å². The molecule has 1 aromatic carbocycles. The van der Waals surface area contributed by atoms with Crippen molar-refractivity contribution < 1.29 is 9.47 Å². The summed E-state index contributed by atoms with van der Waals surface area (Å²) in [5.74, 6) is 1.69. The molecule has 3 heteroatoms. The first-order valence-corrected chi connectivity index (χ1v) is 4.54. The Morgan fingerprint density at radius 3 is 3.14 bits per heavy atom. The van der Waals surface area contributed by atoms with Crippen LogP contribution in [-0.2, 0) is 12.8 Å². The van der Waals surface area contributed by atoms with Crippen LogP contribution in [0.4, 0.5) is 0 Å². The first kappa shape index (κ1) is 8.89. The Morgan fingerprint density at radius 2 is 2.43 bits per heavy atom. The standard InChI is InChI=1S/C11H11NO2/c1-13-10-6-8(2-4-12)11-9(7-10)3-5-14-11/h6-7H,2-3,5H2,1H3. The van der Waals surface area contributed by atoms with Crippen LogP contribution in [0.2, 0.25) is 0 Å². The van der Waals surface area contributed by atoms with Gasteiger partial charge >= 0.3 is 0 Å². The molecule has 0 N–H and O–H groups in total. The molecule has 14 heavy (non-hydrogen) atoms. The minimum absolute atomic E-state index is 0.375. The first-order chi connectivity index (χ1) is 6.85.